The summed E-state index contributed by atoms with van der Waals surface area (Å²) in [5, 5.41) is 3.42. The van der Waals surface area contributed by atoms with E-state index in [9.17, 15) is 4.39 Å². The van der Waals surface area contributed by atoms with Crippen LogP contribution in [0.25, 0.3) is 0 Å². The molecule has 0 heterocycles. The van der Waals surface area contributed by atoms with Crippen LogP contribution in [0.2, 0.25) is 5.02 Å². The van der Waals surface area contributed by atoms with Crippen molar-refractivity contribution in [1.82, 2.24) is 5.32 Å². The van der Waals surface area contributed by atoms with Crippen molar-refractivity contribution in [2.45, 2.75) is 32.4 Å². The SMILES string of the molecule is CCC(C)NC(CN)c1cccc(Cl)c1F. The first-order chi connectivity index (χ1) is 7.60. The molecule has 0 aliphatic carbocycles. The molecule has 0 amide bonds. The Bertz CT molecular complexity index is 344. The number of benzene rings is 1. The average Bonchev–Trinajstić information content (AvgIpc) is 2.29. The monoisotopic (exact) mass is 244 g/mol. The summed E-state index contributed by atoms with van der Waals surface area (Å²) in [4.78, 5) is 0. The van der Waals surface area contributed by atoms with Crippen LogP contribution < -0.4 is 11.1 Å². The highest BCUT2D eigenvalue weighted by molar-refractivity contribution is 6.30. The summed E-state index contributed by atoms with van der Waals surface area (Å²) in [7, 11) is 0. The van der Waals surface area contributed by atoms with Gasteiger partial charge in [0.05, 0.1) is 5.02 Å². The van der Waals surface area contributed by atoms with Gasteiger partial charge in [-0.05, 0) is 19.4 Å². The van der Waals surface area contributed by atoms with Gasteiger partial charge in [0, 0.05) is 24.2 Å². The van der Waals surface area contributed by atoms with Gasteiger partial charge in [-0.3, -0.25) is 0 Å². The van der Waals surface area contributed by atoms with Gasteiger partial charge in [-0.1, -0.05) is 30.7 Å². The Labute approximate surface area is 101 Å². The molecular weight excluding hydrogens is 227 g/mol. The Morgan fingerprint density at radius 3 is 2.75 bits per heavy atom. The molecule has 0 radical (unpaired) electrons. The van der Waals surface area contributed by atoms with Crippen LogP contribution in [0.4, 0.5) is 4.39 Å². The molecule has 2 unspecified atom stereocenters. The van der Waals surface area contributed by atoms with Crippen LogP contribution >= 0.6 is 11.6 Å². The lowest BCUT2D eigenvalue weighted by Gasteiger charge is -2.22. The van der Waals surface area contributed by atoms with Crippen LogP contribution in [0.5, 0.6) is 0 Å². The van der Waals surface area contributed by atoms with E-state index in [1.54, 1.807) is 12.1 Å². The molecule has 0 aromatic heterocycles. The number of halogens is 2. The predicted octanol–water partition coefficient (Wildman–Crippen LogP) is 2.87. The summed E-state index contributed by atoms with van der Waals surface area (Å²) in [5.41, 5.74) is 6.19. The van der Waals surface area contributed by atoms with E-state index in [-0.39, 0.29) is 16.9 Å². The van der Waals surface area contributed by atoms with E-state index in [1.165, 1.54) is 6.07 Å². The number of hydrogen-bond donors (Lipinski definition) is 2. The van der Waals surface area contributed by atoms with E-state index in [1.807, 2.05) is 6.92 Å². The van der Waals surface area contributed by atoms with Gasteiger partial charge in [0.25, 0.3) is 0 Å². The first kappa shape index (κ1) is 13.4. The smallest absolute Gasteiger partial charge is 0.146 e. The molecule has 0 saturated heterocycles. The Morgan fingerprint density at radius 2 is 2.19 bits per heavy atom. The second-order valence-corrected chi connectivity index (χ2v) is 4.31. The molecule has 0 saturated carbocycles. The fourth-order valence-corrected chi connectivity index (χ4v) is 1.72. The Balaban J connectivity index is 2.90. The van der Waals surface area contributed by atoms with Gasteiger partial charge in [-0.2, -0.15) is 0 Å². The van der Waals surface area contributed by atoms with Crippen molar-refractivity contribution < 1.29 is 4.39 Å². The second kappa shape index (κ2) is 6.18. The lowest BCUT2D eigenvalue weighted by atomic mass is 10.0. The lowest BCUT2D eigenvalue weighted by molar-refractivity contribution is 0.437. The molecule has 0 spiro atoms. The topological polar surface area (TPSA) is 38.0 Å². The van der Waals surface area contributed by atoms with Gasteiger partial charge in [0.1, 0.15) is 5.82 Å². The van der Waals surface area contributed by atoms with Crippen molar-refractivity contribution in [2.75, 3.05) is 6.54 Å². The highest BCUT2D eigenvalue weighted by Crippen LogP contribution is 2.23. The zero-order valence-electron chi connectivity index (χ0n) is 9.63. The van der Waals surface area contributed by atoms with Crippen LogP contribution in [0, 0.1) is 5.82 Å². The fraction of sp³-hybridized carbons (Fsp3) is 0.500. The summed E-state index contributed by atoms with van der Waals surface area (Å²) >= 11 is 5.74. The van der Waals surface area contributed by atoms with Crippen molar-refractivity contribution >= 4 is 11.6 Å². The van der Waals surface area contributed by atoms with Crippen LogP contribution in [-0.4, -0.2) is 12.6 Å². The lowest BCUT2D eigenvalue weighted by Crippen LogP contribution is -2.35. The standard InChI is InChI=1S/C12H18ClFN2/c1-3-8(2)16-11(7-15)9-5-4-6-10(13)12(9)14/h4-6,8,11,16H,3,7,15H2,1-2H3. The van der Waals surface area contributed by atoms with Gasteiger partial charge < -0.3 is 11.1 Å². The number of nitrogens with one attached hydrogen (secondary N) is 1. The van der Waals surface area contributed by atoms with Crippen molar-refractivity contribution in [3.8, 4) is 0 Å². The van der Waals surface area contributed by atoms with Crippen molar-refractivity contribution in [3.05, 3.63) is 34.6 Å². The largest absolute Gasteiger partial charge is 0.329 e. The molecule has 3 N–H and O–H groups in total. The number of rotatable bonds is 5. The maximum atomic E-state index is 13.8. The Kier molecular flexibility index (Phi) is 5.19. The van der Waals surface area contributed by atoms with E-state index < -0.39 is 0 Å². The number of nitrogens with two attached hydrogens (primary N) is 1. The van der Waals surface area contributed by atoms with E-state index in [4.69, 9.17) is 17.3 Å². The molecule has 0 aliphatic heterocycles. The summed E-state index contributed by atoms with van der Waals surface area (Å²) in [6.07, 6.45) is 0.971. The third kappa shape index (κ3) is 3.17. The van der Waals surface area contributed by atoms with Gasteiger partial charge in [0.2, 0.25) is 0 Å². The average molecular weight is 245 g/mol. The zero-order valence-corrected chi connectivity index (χ0v) is 10.4. The molecule has 16 heavy (non-hydrogen) atoms. The van der Waals surface area contributed by atoms with E-state index in [2.05, 4.69) is 12.2 Å². The molecule has 1 aromatic carbocycles. The minimum Gasteiger partial charge on any atom is -0.329 e. The van der Waals surface area contributed by atoms with E-state index in [0.29, 0.717) is 18.2 Å². The van der Waals surface area contributed by atoms with Crippen LogP contribution in [0.1, 0.15) is 31.9 Å². The van der Waals surface area contributed by atoms with Crippen LogP contribution in [0.15, 0.2) is 18.2 Å². The van der Waals surface area contributed by atoms with Crippen molar-refractivity contribution in [1.29, 1.82) is 0 Å². The van der Waals surface area contributed by atoms with Gasteiger partial charge in [-0.25, -0.2) is 4.39 Å². The number of hydrogen-bond acceptors (Lipinski definition) is 2. The minimum absolute atomic E-state index is 0.141. The molecule has 2 nitrogen and oxygen atoms in total. The Morgan fingerprint density at radius 1 is 1.50 bits per heavy atom. The van der Waals surface area contributed by atoms with Gasteiger partial charge >= 0.3 is 0 Å². The molecule has 1 aromatic rings. The molecule has 4 heteroatoms. The zero-order chi connectivity index (χ0) is 12.1. The predicted molar refractivity (Wildman–Crippen MR) is 66.1 cm³/mol. The summed E-state index contributed by atoms with van der Waals surface area (Å²) < 4.78 is 13.8. The molecule has 0 aliphatic rings. The quantitative estimate of drug-likeness (QED) is 0.836. The highest BCUT2D eigenvalue weighted by atomic mass is 35.5. The molecule has 1 rings (SSSR count). The molecule has 0 fully saturated rings. The molecule has 90 valence electrons. The highest BCUT2D eigenvalue weighted by Gasteiger charge is 2.17. The maximum absolute atomic E-state index is 13.8. The Hall–Kier alpha value is -0.640. The summed E-state index contributed by atoms with van der Waals surface area (Å²) in [6, 6.07) is 5.10. The van der Waals surface area contributed by atoms with Crippen LogP contribution in [0.3, 0.4) is 0 Å². The van der Waals surface area contributed by atoms with E-state index in [0.717, 1.165) is 6.42 Å². The van der Waals surface area contributed by atoms with Gasteiger partial charge in [-0.15, -0.1) is 0 Å². The third-order valence-electron chi connectivity index (χ3n) is 2.69. The van der Waals surface area contributed by atoms with Crippen molar-refractivity contribution in [3.63, 3.8) is 0 Å². The summed E-state index contributed by atoms with van der Waals surface area (Å²) in [5.74, 6) is -0.379. The molecule has 2 atom stereocenters. The first-order valence-electron chi connectivity index (χ1n) is 5.50. The maximum Gasteiger partial charge on any atom is 0.146 e. The summed E-state index contributed by atoms with van der Waals surface area (Å²) in [6.45, 7) is 4.46. The van der Waals surface area contributed by atoms with Crippen molar-refractivity contribution in [2.24, 2.45) is 5.73 Å². The second-order valence-electron chi connectivity index (χ2n) is 3.91. The van der Waals surface area contributed by atoms with Gasteiger partial charge in [0.15, 0.2) is 0 Å². The fourth-order valence-electron chi connectivity index (χ4n) is 1.54. The normalized spacial score (nSPS) is 14.8. The third-order valence-corrected chi connectivity index (χ3v) is 2.98. The minimum atomic E-state index is -0.379. The first-order valence-corrected chi connectivity index (χ1v) is 5.88. The van der Waals surface area contributed by atoms with Crippen LogP contribution in [-0.2, 0) is 0 Å². The van der Waals surface area contributed by atoms with E-state index >= 15 is 0 Å². The molecule has 0 bridgehead atoms. The molecular formula is C12H18ClFN2.